The molecule has 0 bridgehead atoms. The van der Waals surface area contributed by atoms with Crippen molar-refractivity contribution in [1.82, 2.24) is 18.3 Å². The van der Waals surface area contributed by atoms with Gasteiger partial charge in [0.25, 0.3) is 21.2 Å². The second-order valence-electron chi connectivity index (χ2n) is 20.3. The van der Waals surface area contributed by atoms with Gasteiger partial charge in [0.15, 0.2) is 28.5 Å². The van der Waals surface area contributed by atoms with Crippen molar-refractivity contribution in [3.05, 3.63) is 86.7 Å². The van der Waals surface area contributed by atoms with E-state index in [1.807, 2.05) is 33.9 Å². The van der Waals surface area contributed by atoms with Gasteiger partial charge >= 0.3 is 11.4 Å². The van der Waals surface area contributed by atoms with Gasteiger partial charge in [0.05, 0.1) is 36.5 Å². The molecule has 3 aliphatic heterocycles. The van der Waals surface area contributed by atoms with E-state index >= 15 is 0 Å². The summed E-state index contributed by atoms with van der Waals surface area (Å²) < 4.78 is 63.4. The Morgan fingerprint density at radius 3 is 1.88 bits per heavy atom. The molecule has 0 aromatic carbocycles. The maximum absolute atomic E-state index is 14.5. The average Bonchev–Trinajstić information content (AvgIpc) is 3.80. The normalized spacial score (nSPS) is 26.1. The zero-order valence-electron chi connectivity index (χ0n) is 39.3. The van der Waals surface area contributed by atoms with Crippen LogP contribution in [-0.2, 0) is 45.7 Å². The molecular formula is C41H68N8O12SSi2. The maximum Gasteiger partial charge on any atom is 0.333 e. The molecule has 5 rings (SSSR count). The third-order valence-electron chi connectivity index (χ3n) is 13.7. The van der Waals surface area contributed by atoms with Crippen LogP contribution in [-0.4, -0.2) is 91.6 Å². The molecule has 64 heavy (non-hydrogen) atoms. The van der Waals surface area contributed by atoms with Crippen LogP contribution in [0.3, 0.4) is 0 Å². The summed E-state index contributed by atoms with van der Waals surface area (Å²) in [6.45, 7) is 23.3. The van der Waals surface area contributed by atoms with Crippen LogP contribution in [0.1, 0.15) is 104 Å². The van der Waals surface area contributed by atoms with Gasteiger partial charge in [-0.25, -0.2) is 13.8 Å². The fourth-order valence-corrected chi connectivity index (χ4v) is 11.3. The van der Waals surface area contributed by atoms with Crippen molar-refractivity contribution in [2.75, 3.05) is 13.2 Å². The Hall–Kier alpha value is -3.65. The Bertz CT molecular complexity index is 2500. The highest BCUT2D eigenvalue weighted by molar-refractivity contribution is 7.90. The van der Waals surface area contributed by atoms with Crippen molar-refractivity contribution in [2.24, 2.45) is 10.8 Å². The molecule has 2 aromatic heterocycles. The van der Waals surface area contributed by atoms with Gasteiger partial charge in [0.2, 0.25) is 0 Å². The molecule has 2 saturated heterocycles. The minimum absolute atomic E-state index is 0.0743. The van der Waals surface area contributed by atoms with Crippen molar-refractivity contribution in [3.8, 4) is 0 Å². The quantitative estimate of drug-likeness (QED) is 0.0541. The van der Waals surface area contributed by atoms with Crippen molar-refractivity contribution in [2.45, 2.75) is 186 Å². The predicted molar refractivity (Wildman–Crippen MR) is 245 cm³/mol. The summed E-state index contributed by atoms with van der Waals surface area (Å²) in [6.07, 6.45) is 0.652. The van der Waals surface area contributed by atoms with E-state index in [9.17, 15) is 32.7 Å². The average molecular weight is 953 g/mol. The van der Waals surface area contributed by atoms with Crippen LogP contribution in [0.5, 0.6) is 0 Å². The number of azide groups is 1. The van der Waals surface area contributed by atoms with E-state index in [0.717, 1.165) is 14.5 Å². The smallest absolute Gasteiger partial charge is 0.333 e. The summed E-state index contributed by atoms with van der Waals surface area (Å²) in [7, 11) is -9.54. The summed E-state index contributed by atoms with van der Waals surface area (Å²) in [5.74, 6) is 0. The molecule has 2 fully saturated rings. The lowest BCUT2D eigenvalue weighted by Crippen LogP contribution is -2.59. The molecule has 2 aromatic rings. The molecule has 7 atom stereocenters. The predicted octanol–water partition coefficient (Wildman–Crippen LogP) is 4.77. The standard InChI is InChI=1S/C41H68N8O12SSi2/c1-26-21-48(32-20-28(44-45-43)29(23-50)58-32)37(53)46(34(26)51)18-16-14-13-15-17-19-47-35(52)27(2)22-49(38(47)54)36-33(60-64(11,12)40(6,7)8)41(30(42)25-62(55,56)61-41)31(59-36)24-57-63(9,10)39(3,4)5/h21-22,25,28-29,31-33,36,50H,13-20,23-24,42H2,1-12H3/t28-,29+,31?,32+,33-,36+,41?/m0/s1. The molecule has 0 saturated carbocycles. The lowest BCUT2D eigenvalue weighted by molar-refractivity contribution is -0.0567. The van der Waals surface area contributed by atoms with E-state index in [4.69, 9.17) is 33.8 Å². The van der Waals surface area contributed by atoms with Gasteiger partial charge in [-0.2, -0.15) is 8.42 Å². The van der Waals surface area contributed by atoms with Crippen LogP contribution >= 0.6 is 0 Å². The number of hydrogen-bond donors (Lipinski definition) is 2. The summed E-state index contributed by atoms with van der Waals surface area (Å²) in [5, 5.41) is 13.7. The van der Waals surface area contributed by atoms with Crippen molar-refractivity contribution in [1.29, 1.82) is 0 Å². The summed E-state index contributed by atoms with van der Waals surface area (Å²) in [4.78, 5) is 57.4. The lowest BCUT2D eigenvalue weighted by Gasteiger charge is -2.43. The number of nitrogens with two attached hydrogens (primary N) is 1. The van der Waals surface area contributed by atoms with Crippen LogP contribution in [0.4, 0.5) is 0 Å². The molecule has 0 radical (unpaired) electrons. The second kappa shape index (κ2) is 18.9. The first-order chi connectivity index (χ1) is 29.5. The first kappa shape index (κ1) is 51.3. The van der Waals surface area contributed by atoms with E-state index in [0.29, 0.717) is 37.7 Å². The monoisotopic (exact) mass is 952 g/mol. The molecule has 1 spiro atoms. The molecule has 23 heteroatoms. The molecule has 0 aliphatic carbocycles. The maximum atomic E-state index is 14.5. The molecule has 5 heterocycles. The van der Waals surface area contributed by atoms with E-state index < -0.39 is 98.3 Å². The topological polar surface area (TPSA) is 263 Å². The van der Waals surface area contributed by atoms with Crippen LogP contribution < -0.4 is 28.2 Å². The third-order valence-corrected chi connectivity index (χ3v) is 23.7. The largest absolute Gasteiger partial charge is 0.414 e. The first-order valence-corrected chi connectivity index (χ1v) is 29.2. The number of ether oxygens (including phenoxy) is 2. The number of nitrogens with zero attached hydrogens (tertiary/aromatic N) is 7. The Labute approximate surface area is 376 Å². The van der Waals surface area contributed by atoms with E-state index in [1.165, 1.54) is 21.5 Å². The van der Waals surface area contributed by atoms with Gasteiger partial charge in [-0.15, -0.1) is 0 Å². The SMILES string of the molecule is Cc1cn([C@@H]2OC(CO[Si](C)(C)C(C)(C)C)C3(OS(=O)(=O)C=C3N)[C@H]2O[Si](C)(C)C(C)(C)C)c(=O)n(CCCCCCCn2c(=O)c(C)cn([C@H]3C[C@H](N=[N+]=[N-])[C@@H](CO)O3)c2=O)c1=O. The summed E-state index contributed by atoms with van der Waals surface area (Å²) in [6, 6.07) is -0.665. The Morgan fingerprint density at radius 2 is 1.39 bits per heavy atom. The summed E-state index contributed by atoms with van der Waals surface area (Å²) in [5.41, 5.74) is 12.0. The van der Waals surface area contributed by atoms with E-state index in [2.05, 4.69) is 43.9 Å². The van der Waals surface area contributed by atoms with Crippen LogP contribution in [0.25, 0.3) is 10.4 Å². The lowest BCUT2D eigenvalue weighted by atomic mass is 9.89. The number of aliphatic hydroxyl groups is 1. The fourth-order valence-electron chi connectivity index (χ4n) is 7.82. The number of unbranched alkanes of at least 4 members (excludes halogenated alkanes) is 4. The number of aromatic nitrogens is 4. The zero-order valence-corrected chi connectivity index (χ0v) is 42.1. The zero-order chi connectivity index (χ0) is 48.0. The highest BCUT2D eigenvalue weighted by Crippen LogP contribution is 2.52. The van der Waals surface area contributed by atoms with Crippen molar-refractivity contribution in [3.63, 3.8) is 0 Å². The van der Waals surface area contributed by atoms with Crippen LogP contribution in [0.15, 0.2) is 47.8 Å². The molecule has 3 aliphatic rings. The van der Waals surface area contributed by atoms with Gasteiger partial charge in [-0.1, -0.05) is 65.9 Å². The van der Waals surface area contributed by atoms with Gasteiger partial charge in [0, 0.05) is 47.9 Å². The number of aryl methyl sites for hydroxylation is 2. The minimum Gasteiger partial charge on any atom is -0.414 e. The van der Waals surface area contributed by atoms with Gasteiger partial charge in [0.1, 0.15) is 18.4 Å². The fraction of sp³-hybridized carbons (Fsp3) is 0.756. The molecule has 2 unspecified atom stereocenters. The molecule has 0 amide bonds. The second-order valence-corrected chi connectivity index (χ2v) is 31.3. The van der Waals surface area contributed by atoms with Gasteiger partial charge in [-0.05, 0) is 68.5 Å². The van der Waals surface area contributed by atoms with Crippen molar-refractivity contribution >= 4 is 26.8 Å². The minimum atomic E-state index is -4.30. The Morgan fingerprint density at radius 1 is 0.875 bits per heavy atom. The Balaban J connectivity index is 1.36. The first-order valence-electron chi connectivity index (χ1n) is 21.9. The van der Waals surface area contributed by atoms with Gasteiger partial charge in [-0.3, -0.25) is 27.9 Å². The number of hydrogen-bond acceptors (Lipinski definition) is 14. The molecule has 358 valence electrons. The van der Waals surface area contributed by atoms with Gasteiger partial charge < -0.3 is 29.2 Å². The molecule has 3 N–H and O–H groups in total. The molecular weight excluding hydrogens is 885 g/mol. The van der Waals surface area contributed by atoms with Crippen LogP contribution in [0, 0.1) is 13.8 Å². The highest BCUT2D eigenvalue weighted by Gasteiger charge is 2.67. The van der Waals surface area contributed by atoms with Crippen molar-refractivity contribution < 1.29 is 36.0 Å². The highest BCUT2D eigenvalue weighted by atomic mass is 32.2. The number of aliphatic hydroxyl groups excluding tert-OH is 1. The van der Waals surface area contributed by atoms with Crippen LogP contribution in [0.2, 0.25) is 36.3 Å². The Kier molecular flexibility index (Phi) is 15.2. The van der Waals surface area contributed by atoms with E-state index in [-0.39, 0.29) is 47.5 Å². The van der Waals surface area contributed by atoms with E-state index in [1.54, 1.807) is 13.8 Å². The number of rotatable bonds is 17. The molecule has 20 nitrogen and oxygen atoms in total. The third kappa shape index (κ3) is 10.2. The summed E-state index contributed by atoms with van der Waals surface area (Å²) >= 11 is 0.